The van der Waals surface area contributed by atoms with Crippen molar-refractivity contribution in [3.8, 4) is 0 Å². The number of thiazole rings is 1. The zero-order chi connectivity index (χ0) is 13.6. The normalized spacial score (nSPS) is 12.1. The van der Waals surface area contributed by atoms with E-state index >= 15 is 0 Å². The predicted octanol–water partition coefficient (Wildman–Crippen LogP) is 3.26. The summed E-state index contributed by atoms with van der Waals surface area (Å²) >= 11 is 1.69. The second-order valence-electron chi connectivity index (χ2n) is 5.38. The first-order valence-electron chi connectivity index (χ1n) is 6.42. The molecule has 4 nitrogen and oxygen atoms in total. The van der Waals surface area contributed by atoms with Gasteiger partial charge in [0.25, 0.3) is 0 Å². The molecule has 1 aromatic heterocycles. The molecular weight excluding hydrogens is 371 g/mol. The standard InChI is InChI=1S/C13H24N4S.HI/c1-5-6-7-15-12(14)16-8-10-9-18-11(17-10)13(2,3)4;/h9H,5-8H2,1-4H3,(H3,14,15,16);1H. The molecule has 19 heavy (non-hydrogen) atoms. The first-order chi connectivity index (χ1) is 8.43. The summed E-state index contributed by atoms with van der Waals surface area (Å²) in [6.07, 6.45) is 2.27. The molecule has 0 radical (unpaired) electrons. The molecule has 0 saturated carbocycles. The van der Waals surface area contributed by atoms with Crippen LogP contribution in [0.3, 0.4) is 0 Å². The largest absolute Gasteiger partial charge is 0.370 e. The van der Waals surface area contributed by atoms with Crippen molar-refractivity contribution >= 4 is 41.3 Å². The number of hydrogen-bond donors (Lipinski definition) is 2. The fourth-order valence-electron chi connectivity index (χ4n) is 1.34. The third-order valence-electron chi connectivity index (χ3n) is 2.44. The van der Waals surface area contributed by atoms with Gasteiger partial charge in [0.1, 0.15) is 0 Å². The second-order valence-corrected chi connectivity index (χ2v) is 6.23. The molecule has 0 aliphatic heterocycles. The molecule has 0 atom stereocenters. The Labute approximate surface area is 137 Å². The minimum atomic E-state index is 0. The van der Waals surface area contributed by atoms with E-state index in [1.54, 1.807) is 11.3 Å². The van der Waals surface area contributed by atoms with Crippen LogP contribution in [-0.2, 0) is 12.0 Å². The quantitative estimate of drug-likeness (QED) is 0.348. The van der Waals surface area contributed by atoms with E-state index in [1.807, 2.05) is 0 Å². The van der Waals surface area contributed by atoms with Gasteiger partial charge in [0, 0.05) is 17.3 Å². The predicted molar refractivity (Wildman–Crippen MR) is 94.5 cm³/mol. The second kappa shape index (κ2) is 8.73. The number of guanidine groups is 1. The van der Waals surface area contributed by atoms with E-state index in [1.165, 1.54) is 0 Å². The van der Waals surface area contributed by atoms with Crippen LogP contribution < -0.4 is 11.1 Å². The summed E-state index contributed by atoms with van der Waals surface area (Å²) in [5, 5.41) is 6.30. The molecule has 6 heteroatoms. The smallest absolute Gasteiger partial charge is 0.188 e. The minimum Gasteiger partial charge on any atom is -0.370 e. The number of nitrogens with two attached hydrogens (primary N) is 1. The lowest BCUT2D eigenvalue weighted by Crippen LogP contribution is -2.32. The monoisotopic (exact) mass is 396 g/mol. The molecule has 3 N–H and O–H groups in total. The number of hydrogen-bond acceptors (Lipinski definition) is 3. The van der Waals surface area contributed by atoms with Crippen molar-refractivity contribution in [2.24, 2.45) is 10.7 Å². The number of aromatic nitrogens is 1. The van der Waals surface area contributed by atoms with Gasteiger partial charge in [-0.3, -0.25) is 0 Å². The molecule has 1 heterocycles. The highest BCUT2D eigenvalue weighted by molar-refractivity contribution is 14.0. The first kappa shape index (κ1) is 18.6. The van der Waals surface area contributed by atoms with Crippen LogP contribution in [0.4, 0.5) is 0 Å². The summed E-state index contributed by atoms with van der Waals surface area (Å²) < 4.78 is 0. The molecule has 0 aliphatic carbocycles. The zero-order valence-corrected chi connectivity index (χ0v) is 15.3. The van der Waals surface area contributed by atoms with Gasteiger partial charge in [0.2, 0.25) is 0 Å². The van der Waals surface area contributed by atoms with Gasteiger partial charge in [0.15, 0.2) is 5.96 Å². The molecule has 110 valence electrons. The Kier molecular flexibility index (Phi) is 8.56. The van der Waals surface area contributed by atoms with Gasteiger partial charge in [0.05, 0.1) is 17.2 Å². The Balaban J connectivity index is 0.00000324. The number of unbranched alkanes of at least 4 members (excludes halogenated alkanes) is 1. The molecule has 0 amide bonds. The maximum atomic E-state index is 5.77. The first-order valence-corrected chi connectivity index (χ1v) is 7.30. The van der Waals surface area contributed by atoms with Crippen molar-refractivity contribution in [3.05, 3.63) is 16.1 Å². The van der Waals surface area contributed by atoms with Gasteiger partial charge < -0.3 is 11.1 Å². The van der Waals surface area contributed by atoms with Crippen LogP contribution in [0.5, 0.6) is 0 Å². The van der Waals surface area contributed by atoms with Crippen LogP contribution in [0.1, 0.15) is 51.2 Å². The Morgan fingerprint density at radius 2 is 2.16 bits per heavy atom. The fraction of sp³-hybridized carbons (Fsp3) is 0.692. The highest BCUT2D eigenvalue weighted by Gasteiger charge is 2.17. The van der Waals surface area contributed by atoms with E-state index in [0.29, 0.717) is 12.5 Å². The molecule has 0 fully saturated rings. The molecule has 1 aromatic rings. The summed E-state index contributed by atoms with van der Waals surface area (Å²) in [6, 6.07) is 0. The van der Waals surface area contributed by atoms with Gasteiger partial charge in [-0.05, 0) is 6.42 Å². The number of aliphatic imine (C=N–C) groups is 1. The molecule has 0 aliphatic rings. The number of rotatable bonds is 5. The fourth-order valence-corrected chi connectivity index (χ4v) is 2.24. The van der Waals surface area contributed by atoms with Crippen LogP contribution >= 0.6 is 35.3 Å². The van der Waals surface area contributed by atoms with Gasteiger partial charge >= 0.3 is 0 Å². The highest BCUT2D eigenvalue weighted by Crippen LogP contribution is 2.25. The Bertz CT molecular complexity index is 396. The lowest BCUT2D eigenvalue weighted by Gasteiger charge is -2.13. The molecule has 1 rings (SSSR count). The summed E-state index contributed by atoms with van der Waals surface area (Å²) in [5.41, 5.74) is 6.87. The van der Waals surface area contributed by atoms with Crippen molar-refractivity contribution in [2.45, 2.75) is 52.5 Å². The van der Waals surface area contributed by atoms with E-state index in [-0.39, 0.29) is 29.4 Å². The molecule has 0 saturated heterocycles. The van der Waals surface area contributed by atoms with Gasteiger partial charge in [-0.1, -0.05) is 34.1 Å². The number of halogens is 1. The molecule has 0 aromatic carbocycles. The summed E-state index contributed by atoms with van der Waals surface area (Å²) in [7, 11) is 0. The van der Waals surface area contributed by atoms with Gasteiger partial charge in [-0.25, -0.2) is 9.98 Å². The van der Waals surface area contributed by atoms with Crippen molar-refractivity contribution in [1.82, 2.24) is 10.3 Å². The SMILES string of the molecule is CCCCNC(N)=NCc1csc(C(C)(C)C)n1.I. The number of nitrogens with zero attached hydrogens (tertiary/aromatic N) is 2. The van der Waals surface area contributed by atoms with Gasteiger partial charge in [-0.2, -0.15) is 0 Å². The van der Waals surface area contributed by atoms with Crippen molar-refractivity contribution in [3.63, 3.8) is 0 Å². The van der Waals surface area contributed by atoms with E-state index in [0.717, 1.165) is 30.1 Å². The average Bonchev–Trinajstić information content (AvgIpc) is 2.75. The third-order valence-corrected chi connectivity index (χ3v) is 3.76. The van der Waals surface area contributed by atoms with Crippen molar-refractivity contribution < 1.29 is 0 Å². The summed E-state index contributed by atoms with van der Waals surface area (Å²) in [5.74, 6) is 0.508. The molecule has 0 unspecified atom stereocenters. The van der Waals surface area contributed by atoms with E-state index in [9.17, 15) is 0 Å². The van der Waals surface area contributed by atoms with Crippen LogP contribution in [0, 0.1) is 0 Å². The zero-order valence-electron chi connectivity index (χ0n) is 12.2. The lowest BCUT2D eigenvalue weighted by atomic mass is 9.98. The molecule has 0 bridgehead atoms. The Morgan fingerprint density at radius 3 is 2.68 bits per heavy atom. The highest BCUT2D eigenvalue weighted by atomic mass is 127. The van der Waals surface area contributed by atoms with Crippen molar-refractivity contribution in [2.75, 3.05) is 6.54 Å². The lowest BCUT2D eigenvalue weighted by molar-refractivity contribution is 0.583. The van der Waals surface area contributed by atoms with E-state index < -0.39 is 0 Å². The van der Waals surface area contributed by atoms with Crippen LogP contribution in [0.2, 0.25) is 0 Å². The molecule has 0 spiro atoms. The molecular formula is C13H25IN4S. The van der Waals surface area contributed by atoms with E-state index in [4.69, 9.17) is 5.73 Å². The Hall–Kier alpha value is -0.370. The average molecular weight is 396 g/mol. The maximum absolute atomic E-state index is 5.77. The van der Waals surface area contributed by atoms with Crippen molar-refractivity contribution in [1.29, 1.82) is 0 Å². The Morgan fingerprint density at radius 1 is 1.47 bits per heavy atom. The minimum absolute atomic E-state index is 0. The number of nitrogens with one attached hydrogen (secondary N) is 1. The van der Waals surface area contributed by atoms with Crippen LogP contribution in [-0.4, -0.2) is 17.5 Å². The van der Waals surface area contributed by atoms with Crippen LogP contribution in [0.15, 0.2) is 10.4 Å². The van der Waals surface area contributed by atoms with Crippen LogP contribution in [0.25, 0.3) is 0 Å². The van der Waals surface area contributed by atoms with E-state index in [2.05, 4.69) is 48.4 Å². The third kappa shape index (κ3) is 7.10. The topological polar surface area (TPSA) is 63.3 Å². The summed E-state index contributed by atoms with van der Waals surface area (Å²) in [6.45, 7) is 10.1. The van der Waals surface area contributed by atoms with Gasteiger partial charge in [-0.15, -0.1) is 35.3 Å². The summed E-state index contributed by atoms with van der Waals surface area (Å²) in [4.78, 5) is 8.87. The maximum Gasteiger partial charge on any atom is 0.188 e.